The number of nitrogens with one attached hydrogen (secondary N) is 1. The van der Waals surface area contributed by atoms with Crippen LogP contribution < -0.4 is 15.8 Å². The Labute approximate surface area is 205 Å². The van der Waals surface area contributed by atoms with Crippen LogP contribution in [-0.4, -0.2) is 62.2 Å². The molecule has 1 aliphatic rings. The maximum atomic E-state index is 13.3. The van der Waals surface area contributed by atoms with Gasteiger partial charge in [0, 0.05) is 43.7 Å². The lowest BCUT2D eigenvalue weighted by atomic mass is 10.1. The van der Waals surface area contributed by atoms with Crippen LogP contribution in [0.2, 0.25) is 0 Å². The number of carboxylic acids is 2. The Hall–Kier alpha value is -3.57. The van der Waals surface area contributed by atoms with Crippen molar-refractivity contribution in [2.24, 2.45) is 0 Å². The highest BCUT2D eigenvalue weighted by molar-refractivity contribution is 7.09. The first-order valence-corrected chi connectivity index (χ1v) is 12.2. The minimum absolute atomic E-state index is 0.104. The topological polar surface area (TPSA) is 137 Å². The molecule has 35 heavy (non-hydrogen) atoms. The van der Waals surface area contributed by atoms with Gasteiger partial charge in [-0.25, -0.2) is 14.8 Å². The average Bonchev–Trinajstić information content (AvgIpc) is 3.31. The second-order valence-corrected chi connectivity index (χ2v) is 9.64. The van der Waals surface area contributed by atoms with Gasteiger partial charge in [-0.1, -0.05) is 13.8 Å². The van der Waals surface area contributed by atoms with Gasteiger partial charge in [-0.3, -0.25) is 14.0 Å². The number of fused-ring (bicyclic) bond motifs is 1. The average molecular weight is 498 g/mol. The summed E-state index contributed by atoms with van der Waals surface area (Å²) in [5.74, 6) is -1.54. The van der Waals surface area contributed by atoms with E-state index in [2.05, 4.69) is 34.5 Å². The third kappa shape index (κ3) is 5.57. The van der Waals surface area contributed by atoms with E-state index in [1.165, 1.54) is 10.5 Å². The molecule has 11 heteroatoms. The third-order valence-electron chi connectivity index (χ3n) is 5.86. The number of carboxylic acid groups (broad SMARTS) is 2. The molecule has 10 nitrogen and oxygen atoms in total. The van der Waals surface area contributed by atoms with Gasteiger partial charge in [-0.05, 0) is 36.1 Å². The van der Waals surface area contributed by atoms with E-state index >= 15 is 0 Å². The lowest BCUT2D eigenvalue weighted by Crippen LogP contribution is -2.54. The standard InChI is InChI=1S/C24H27N5O5S/c1-14(2)18-13-35-20(26-18)5-3-15-7-9-29-19(11-15)27-22(16(23(29)32)4-6-21(30)31)28-10-8-25-17(12-28)24(33)34/h4,6-7,9,11,13-14,17,25H,3,5,8,10,12H2,1-2H3,(H,30,31)(H,33,34). The van der Waals surface area contributed by atoms with E-state index in [9.17, 15) is 19.5 Å². The largest absolute Gasteiger partial charge is 0.480 e. The fourth-order valence-corrected chi connectivity index (χ4v) is 4.90. The maximum absolute atomic E-state index is 13.3. The van der Waals surface area contributed by atoms with Crippen molar-refractivity contribution in [2.45, 2.75) is 38.6 Å². The summed E-state index contributed by atoms with van der Waals surface area (Å²) in [6, 6.07) is 2.87. The summed E-state index contributed by atoms with van der Waals surface area (Å²) in [5, 5.41) is 24.6. The van der Waals surface area contributed by atoms with Crippen molar-refractivity contribution in [3.63, 3.8) is 0 Å². The monoisotopic (exact) mass is 497 g/mol. The predicted molar refractivity (Wildman–Crippen MR) is 133 cm³/mol. The molecule has 1 unspecified atom stereocenters. The molecule has 4 rings (SSSR count). The van der Waals surface area contributed by atoms with Crippen molar-refractivity contribution >= 4 is 40.8 Å². The SMILES string of the molecule is CC(C)c1csc(CCc2ccn3c(=O)c(C=CC(=O)O)c(N4CCNC(C(=O)O)C4)nc3c2)n1. The molecule has 0 amide bonds. The highest BCUT2D eigenvalue weighted by Gasteiger charge is 2.28. The summed E-state index contributed by atoms with van der Waals surface area (Å²) in [4.78, 5) is 47.0. The van der Waals surface area contributed by atoms with E-state index in [0.29, 0.717) is 24.7 Å². The number of anilines is 1. The Morgan fingerprint density at radius 1 is 1.29 bits per heavy atom. The zero-order valence-electron chi connectivity index (χ0n) is 19.5. The molecule has 0 spiro atoms. The van der Waals surface area contributed by atoms with E-state index < -0.39 is 23.5 Å². The maximum Gasteiger partial charge on any atom is 0.328 e. The van der Waals surface area contributed by atoms with Crippen LogP contribution in [0.1, 0.15) is 41.6 Å². The van der Waals surface area contributed by atoms with Crippen LogP contribution in [-0.2, 0) is 22.4 Å². The molecule has 1 fully saturated rings. The van der Waals surface area contributed by atoms with Gasteiger partial charge in [-0.15, -0.1) is 11.3 Å². The summed E-state index contributed by atoms with van der Waals surface area (Å²) in [5.41, 5.74) is 2.18. The van der Waals surface area contributed by atoms with Crippen molar-refractivity contribution in [2.75, 3.05) is 24.5 Å². The third-order valence-corrected chi connectivity index (χ3v) is 6.79. The molecule has 0 aliphatic carbocycles. The fraction of sp³-hybridized carbons (Fsp3) is 0.375. The van der Waals surface area contributed by atoms with Gasteiger partial charge in [0.1, 0.15) is 17.5 Å². The van der Waals surface area contributed by atoms with E-state index in [1.54, 1.807) is 22.4 Å². The number of aliphatic carboxylic acids is 2. The quantitative estimate of drug-likeness (QED) is 0.399. The Morgan fingerprint density at radius 3 is 2.77 bits per heavy atom. The van der Waals surface area contributed by atoms with E-state index in [1.807, 2.05) is 12.1 Å². The van der Waals surface area contributed by atoms with E-state index in [-0.39, 0.29) is 17.9 Å². The summed E-state index contributed by atoms with van der Waals surface area (Å²) < 4.78 is 1.38. The van der Waals surface area contributed by atoms with Gasteiger partial charge in [0.05, 0.1) is 16.3 Å². The number of hydrogen-bond acceptors (Lipinski definition) is 8. The van der Waals surface area contributed by atoms with Gasteiger partial charge in [0.15, 0.2) is 0 Å². The van der Waals surface area contributed by atoms with E-state index in [0.717, 1.165) is 35.2 Å². The lowest BCUT2D eigenvalue weighted by Gasteiger charge is -2.33. The Morgan fingerprint density at radius 2 is 2.09 bits per heavy atom. The molecular weight excluding hydrogens is 470 g/mol. The van der Waals surface area contributed by atoms with Gasteiger partial charge < -0.3 is 20.4 Å². The molecule has 3 aromatic heterocycles. The number of nitrogens with zero attached hydrogens (tertiary/aromatic N) is 4. The number of pyridine rings is 1. The molecule has 1 atom stereocenters. The molecule has 1 aliphatic heterocycles. The van der Waals surface area contributed by atoms with Crippen molar-refractivity contribution in [1.29, 1.82) is 0 Å². The summed E-state index contributed by atoms with van der Waals surface area (Å²) in [7, 11) is 0. The molecule has 4 heterocycles. The first kappa shape index (κ1) is 24.6. The highest BCUT2D eigenvalue weighted by Crippen LogP contribution is 2.22. The van der Waals surface area contributed by atoms with Crippen molar-refractivity contribution in [1.82, 2.24) is 19.7 Å². The normalized spacial score (nSPS) is 16.4. The Balaban J connectivity index is 1.69. The Bertz CT molecular complexity index is 1350. The van der Waals surface area contributed by atoms with Crippen LogP contribution in [0.15, 0.2) is 34.6 Å². The zero-order valence-corrected chi connectivity index (χ0v) is 20.3. The smallest absolute Gasteiger partial charge is 0.328 e. The van der Waals surface area contributed by atoms with Crippen LogP contribution in [0.5, 0.6) is 0 Å². The first-order chi connectivity index (χ1) is 16.7. The number of carbonyl (C=O) groups is 2. The van der Waals surface area contributed by atoms with Crippen LogP contribution in [0.4, 0.5) is 5.82 Å². The number of aromatic nitrogens is 3. The van der Waals surface area contributed by atoms with Crippen LogP contribution in [0.3, 0.4) is 0 Å². The molecule has 184 valence electrons. The second kappa shape index (κ2) is 10.4. The number of piperazine rings is 1. The number of rotatable bonds is 8. The zero-order chi connectivity index (χ0) is 25.1. The molecule has 0 radical (unpaired) electrons. The number of hydrogen-bond donors (Lipinski definition) is 3. The molecule has 0 saturated carbocycles. The highest BCUT2D eigenvalue weighted by atomic mass is 32.1. The predicted octanol–water partition coefficient (Wildman–Crippen LogP) is 2.02. The summed E-state index contributed by atoms with van der Waals surface area (Å²) >= 11 is 1.64. The van der Waals surface area contributed by atoms with Crippen molar-refractivity contribution in [3.05, 3.63) is 62.0 Å². The number of aryl methyl sites for hydroxylation is 2. The lowest BCUT2D eigenvalue weighted by molar-refractivity contribution is -0.139. The van der Waals surface area contributed by atoms with Crippen LogP contribution in [0, 0.1) is 0 Å². The van der Waals surface area contributed by atoms with Gasteiger partial charge in [0.2, 0.25) is 0 Å². The summed E-state index contributed by atoms with van der Waals surface area (Å²) in [6.07, 6.45) is 5.24. The minimum atomic E-state index is -1.19. The second-order valence-electron chi connectivity index (χ2n) is 8.70. The van der Waals surface area contributed by atoms with Crippen LogP contribution >= 0.6 is 11.3 Å². The van der Waals surface area contributed by atoms with Crippen LogP contribution in [0.25, 0.3) is 11.7 Å². The Kier molecular flexibility index (Phi) is 7.27. The fourth-order valence-electron chi connectivity index (χ4n) is 3.94. The van der Waals surface area contributed by atoms with Crippen molar-refractivity contribution < 1.29 is 19.8 Å². The first-order valence-electron chi connectivity index (χ1n) is 11.3. The minimum Gasteiger partial charge on any atom is -0.480 e. The van der Waals surface area contributed by atoms with E-state index in [4.69, 9.17) is 5.11 Å². The van der Waals surface area contributed by atoms with Gasteiger partial charge >= 0.3 is 11.9 Å². The molecular formula is C24H27N5O5S. The molecule has 0 aromatic carbocycles. The molecule has 1 saturated heterocycles. The molecule has 3 N–H and O–H groups in total. The van der Waals surface area contributed by atoms with Gasteiger partial charge in [-0.2, -0.15) is 0 Å². The van der Waals surface area contributed by atoms with Crippen molar-refractivity contribution in [3.8, 4) is 0 Å². The van der Waals surface area contributed by atoms with Gasteiger partial charge in [0.25, 0.3) is 5.56 Å². The number of thiazole rings is 1. The summed E-state index contributed by atoms with van der Waals surface area (Å²) in [6.45, 7) is 5.16. The molecule has 3 aromatic rings. The molecule has 0 bridgehead atoms.